The molecule has 35 heavy (non-hydrogen) atoms. The third kappa shape index (κ3) is 33.8. The average Bonchev–Trinajstić information content (AvgIpc) is 2.87. The summed E-state index contributed by atoms with van der Waals surface area (Å²) in [5.74, 6) is 0. The van der Waals surface area contributed by atoms with Crippen LogP contribution in [-0.2, 0) is 28.4 Å². The molecule has 0 saturated carbocycles. The molecule has 0 amide bonds. The summed E-state index contributed by atoms with van der Waals surface area (Å²) < 4.78 is 33.5. The molecule has 0 spiro atoms. The van der Waals surface area contributed by atoms with Gasteiger partial charge in [0.15, 0.2) is 0 Å². The van der Waals surface area contributed by atoms with Crippen LogP contribution in [0.1, 0.15) is 110 Å². The van der Waals surface area contributed by atoms with E-state index in [1.165, 1.54) is 77.0 Å². The van der Waals surface area contributed by atoms with Crippen LogP contribution < -0.4 is 0 Å². The standard InChI is InChI=1S/C29H60O6/c1-3-5-7-9-11-13-15-19-31-23-27-35-29-25-33-21-17-16-20-32-24-28-34-26-22-30-18-14-12-10-8-6-4-2/h3-29H2,1-2H3. The van der Waals surface area contributed by atoms with Crippen LogP contribution in [0, 0.1) is 0 Å². The van der Waals surface area contributed by atoms with Gasteiger partial charge in [-0.15, -0.1) is 0 Å². The van der Waals surface area contributed by atoms with Crippen molar-refractivity contribution < 1.29 is 28.4 Å². The molecule has 0 radical (unpaired) electrons. The van der Waals surface area contributed by atoms with Crippen molar-refractivity contribution in [1.82, 2.24) is 0 Å². The van der Waals surface area contributed by atoms with Crippen molar-refractivity contribution in [3.05, 3.63) is 0 Å². The first-order valence-electron chi connectivity index (χ1n) is 14.9. The van der Waals surface area contributed by atoms with E-state index in [0.29, 0.717) is 52.9 Å². The summed E-state index contributed by atoms with van der Waals surface area (Å²) >= 11 is 0. The van der Waals surface area contributed by atoms with E-state index in [-0.39, 0.29) is 0 Å². The summed E-state index contributed by atoms with van der Waals surface area (Å²) in [6.45, 7) is 13.0. The summed E-state index contributed by atoms with van der Waals surface area (Å²) in [5, 5.41) is 0. The highest BCUT2D eigenvalue weighted by Gasteiger charge is 1.96. The van der Waals surface area contributed by atoms with Crippen LogP contribution in [0.4, 0.5) is 0 Å². The molecule has 0 unspecified atom stereocenters. The molecule has 0 atom stereocenters. The van der Waals surface area contributed by atoms with E-state index in [2.05, 4.69) is 13.8 Å². The van der Waals surface area contributed by atoms with E-state index in [1.807, 2.05) is 0 Å². The number of unbranched alkanes of at least 4 members (excludes halogenated alkanes) is 12. The van der Waals surface area contributed by atoms with Gasteiger partial charge in [-0.05, 0) is 25.7 Å². The molecule has 0 heterocycles. The maximum Gasteiger partial charge on any atom is 0.0701 e. The molecule has 0 saturated heterocycles. The minimum absolute atomic E-state index is 0.636. The highest BCUT2D eigenvalue weighted by molar-refractivity contribution is 4.46. The van der Waals surface area contributed by atoms with E-state index in [4.69, 9.17) is 28.4 Å². The van der Waals surface area contributed by atoms with Crippen molar-refractivity contribution in [2.24, 2.45) is 0 Å². The molecule has 0 aliphatic heterocycles. The number of ether oxygens (including phenoxy) is 6. The van der Waals surface area contributed by atoms with E-state index in [1.54, 1.807) is 0 Å². The highest BCUT2D eigenvalue weighted by Crippen LogP contribution is 2.07. The molecule has 0 aliphatic carbocycles. The van der Waals surface area contributed by atoms with Crippen LogP contribution in [-0.4, -0.2) is 79.3 Å². The Morgan fingerprint density at radius 2 is 0.429 bits per heavy atom. The monoisotopic (exact) mass is 504 g/mol. The van der Waals surface area contributed by atoms with Gasteiger partial charge in [0.05, 0.1) is 52.9 Å². The Bertz CT molecular complexity index is 324. The molecule has 0 aromatic heterocycles. The molecule has 0 aromatic carbocycles. The predicted molar refractivity (Wildman–Crippen MR) is 146 cm³/mol. The van der Waals surface area contributed by atoms with Crippen LogP contribution in [0.15, 0.2) is 0 Å². The third-order valence-corrected chi connectivity index (χ3v) is 5.85. The van der Waals surface area contributed by atoms with Gasteiger partial charge < -0.3 is 28.4 Å². The molecular formula is C29H60O6. The number of hydrogen-bond donors (Lipinski definition) is 0. The van der Waals surface area contributed by atoms with Gasteiger partial charge in [0, 0.05) is 26.4 Å². The number of rotatable bonds is 32. The minimum Gasteiger partial charge on any atom is -0.379 e. The van der Waals surface area contributed by atoms with Gasteiger partial charge >= 0.3 is 0 Å². The molecule has 6 heteroatoms. The van der Waals surface area contributed by atoms with Crippen LogP contribution in [0.3, 0.4) is 0 Å². The molecule has 0 aliphatic rings. The van der Waals surface area contributed by atoms with Gasteiger partial charge in [-0.2, -0.15) is 0 Å². The Balaban J connectivity index is 3.00. The van der Waals surface area contributed by atoms with Crippen molar-refractivity contribution in [3.63, 3.8) is 0 Å². The average molecular weight is 505 g/mol. The third-order valence-electron chi connectivity index (χ3n) is 5.85. The Morgan fingerprint density at radius 1 is 0.229 bits per heavy atom. The zero-order valence-electron chi connectivity index (χ0n) is 23.5. The first kappa shape index (κ1) is 34.8. The van der Waals surface area contributed by atoms with Gasteiger partial charge in [0.25, 0.3) is 0 Å². The minimum atomic E-state index is 0.636. The fourth-order valence-corrected chi connectivity index (χ4v) is 3.64. The Hall–Kier alpha value is -0.240. The largest absolute Gasteiger partial charge is 0.379 e. The zero-order chi connectivity index (χ0) is 25.3. The lowest BCUT2D eigenvalue weighted by atomic mass is 10.1. The summed E-state index contributed by atoms with van der Waals surface area (Å²) in [6, 6.07) is 0. The highest BCUT2D eigenvalue weighted by atomic mass is 16.5. The SMILES string of the molecule is CCCCCCCCCOCCOCCOCCCCOCCOCCOCCCCCCCC. The zero-order valence-corrected chi connectivity index (χ0v) is 23.5. The molecule has 0 rings (SSSR count). The lowest BCUT2D eigenvalue weighted by molar-refractivity contribution is 0.00669. The molecule has 0 fully saturated rings. The first-order valence-corrected chi connectivity index (χ1v) is 14.9. The molecule has 0 bridgehead atoms. The summed E-state index contributed by atoms with van der Waals surface area (Å²) in [6.07, 6.45) is 19.0. The Morgan fingerprint density at radius 3 is 0.714 bits per heavy atom. The van der Waals surface area contributed by atoms with Crippen LogP contribution in [0.2, 0.25) is 0 Å². The van der Waals surface area contributed by atoms with Crippen molar-refractivity contribution in [2.45, 2.75) is 110 Å². The van der Waals surface area contributed by atoms with Crippen molar-refractivity contribution in [1.29, 1.82) is 0 Å². The van der Waals surface area contributed by atoms with Crippen LogP contribution in [0.25, 0.3) is 0 Å². The molecule has 6 nitrogen and oxygen atoms in total. The topological polar surface area (TPSA) is 55.4 Å². The quantitative estimate of drug-likeness (QED) is 0.0921. The lowest BCUT2D eigenvalue weighted by Gasteiger charge is -2.08. The van der Waals surface area contributed by atoms with Gasteiger partial charge in [-0.3, -0.25) is 0 Å². The van der Waals surface area contributed by atoms with Crippen LogP contribution in [0.5, 0.6) is 0 Å². The molecular weight excluding hydrogens is 444 g/mol. The second-order valence-electron chi connectivity index (χ2n) is 9.27. The van der Waals surface area contributed by atoms with Gasteiger partial charge in [0.2, 0.25) is 0 Å². The van der Waals surface area contributed by atoms with Crippen molar-refractivity contribution in [3.8, 4) is 0 Å². The van der Waals surface area contributed by atoms with E-state index in [9.17, 15) is 0 Å². The Labute approximate surface area is 218 Å². The molecule has 0 aromatic rings. The summed E-state index contributed by atoms with van der Waals surface area (Å²) in [4.78, 5) is 0. The second kappa shape index (κ2) is 33.8. The van der Waals surface area contributed by atoms with Crippen LogP contribution >= 0.6 is 0 Å². The first-order chi connectivity index (χ1) is 17.4. The summed E-state index contributed by atoms with van der Waals surface area (Å²) in [7, 11) is 0. The smallest absolute Gasteiger partial charge is 0.0701 e. The Kier molecular flexibility index (Phi) is 33.5. The summed E-state index contributed by atoms with van der Waals surface area (Å²) in [5.41, 5.74) is 0. The molecule has 0 N–H and O–H groups in total. The van der Waals surface area contributed by atoms with Gasteiger partial charge in [-0.1, -0.05) is 84.5 Å². The predicted octanol–water partition coefficient (Wildman–Crippen LogP) is 6.98. The van der Waals surface area contributed by atoms with E-state index in [0.717, 1.165) is 45.7 Å². The van der Waals surface area contributed by atoms with E-state index >= 15 is 0 Å². The number of hydrogen-bond acceptors (Lipinski definition) is 6. The van der Waals surface area contributed by atoms with E-state index < -0.39 is 0 Å². The lowest BCUT2D eigenvalue weighted by Crippen LogP contribution is -2.11. The van der Waals surface area contributed by atoms with Crippen molar-refractivity contribution in [2.75, 3.05) is 79.3 Å². The fraction of sp³-hybridized carbons (Fsp3) is 1.00. The normalized spacial score (nSPS) is 11.5. The van der Waals surface area contributed by atoms with Crippen molar-refractivity contribution >= 4 is 0 Å². The fourth-order valence-electron chi connectivity index (χ4n) is 3.64. The maximum atomic E-state index is 5.61. The second-order valence-corrected chi connectivity index (χ2v) is 9.27. The van der Waals surface area contributed by atoms with Gasteiger partial charge in [0.1, 0.15) is 0 Å². The molecule has 212 valence electrons. The van der Waals surface area contributed by atoms with Gasteiger partial charge in [-0.25, -0.2) is 0 Å². The maximum absolute atomic E-state index is 5.61.